The number of fused-ring (bicyclic) bond motifs is 1. The summed E-state index contributed by atoms with van der Waals surface area (Å²) in [6.07, 6.45) is 0.797. The fraction of sp³-hybridized carbons (Fsp3) is 0.200. The number of esters is 1. The Hall–Kier alpha value is -3.13. The van der Waals surface area contributed by atoms with E-state index in [0.29, 0.717) is 17.3 Å². The Morgan fingerprint density at radius 3 is 2.54 bits per heavy atom. The molecule has 144 valence electrons. The van der Waals surface area contributed by atoms with E-state index in [1.807, 2.05) is 30.3 Å². The van der Waals surface area contributed by atoms with Crippen molar-refractivity contribution in [2.24, 2.45) is 0 Å². The van der Waals surface area contributed by atoms with E-state index in [4.69, 9.17) is 4.74 Å². The second-order valence-corrected chi connectivity index (χ2v) is 7.06. The highest BCUT2D eigenvalue weighted by molar-refractivity contribution is 7.99. The minimum Gasteiger partial charge on any atom is -0.451 e. The number of ether oxygens (including phenoxy) is 1. The summed E-state index contributed by atoms with van der Waals surface area (Å²) in [6.45, 7) is 0.0931. The summed E-state index contributed by atoms with van der Waals surface area (Å²) in [4.78, 5) is 37.0. The molecule has 3 aromatic rings. The number of hydrogen-bond acceptors (Lipinski definition) is 6. The normalized spacial score (nSPS) is 10.6. The van der Waals surface area contributed by atoms with E-state index in [2.05, 4.69) is 15.5 Å². The lowest BCUT2D eigenvalue weighted by atomic mass is 10.1. The van der Waals surface area contributed by atoms with Crippen LogP contribution in [0.2, 0.25) is 0 Å². The zero-order chi connectivity index (χ0) is 19.8. The van der Waals surface area contributed by atoms with E-state index in [1.165, 1.54) is 4.90 Å². The molecular weight excluding hydrogens is 378 g/mol. The highest BCUT2D eigenvalue weighted by Crippen LogP contribution is 2.17. The maximum atomic E-state index is 12.2. The maximum Gasteiger partial charge on any atom is 0.359 e. The van der Waals surface area contributed by atoms with Gasteiger partial charge in [-0.15, -0.1) is 11.8 Å². The van der Waals surface area contributed by atoms with E-state index in [0.717, 1.165) is 12.2 Å². The first-order chi connectivity index (χ1) is 13.6. The van der Waals surface area contributed by atoms with Crippen molar-refractivity contribution in [3.05, 3.63) is 70.6 Å². The molecular formula is C20H19N3O4S. The number of benzene rings is 2. The van der Waals surface area contributed by atoms with Gasteiger partial charge in [0.25, 0.3) is 11.5 Å². The molecule has 1 aromatic heterocycles. The SMILES string of the molecule is O=C(COC(=O)c1n[nH]c(=O)c2ccccc12)NCCCSc1ccccc1. The second-order valence-electron chi connectivity index (χ2n) is 5.89. The largest absolute Gasteiger partial charge is 0.451 e. The van der Waals surface area contributed by atoms with Crippen molar-refractivity contribution >= 4 is 34.4 Å². The predicted octanol–water partition coefficient (Wildman–Crippen LogP) is 2.38. The molecule has 2 N–H and O–H groups in total. The minimum absolute atomic E-state index is 0.0257. The van der Waals surface area contributed by atoms with Gasteiger partial charge in [0.1, 0.15) is 0 Å². The molecule has 1 heterocycles. The average molecular weight is 397 g/mol. The first kappa shape index (κ1) is 19.6. The molecule has 0 aliphatic heterocycles. The van der Waals surface area contributed by atoms with Gasteiger partial charge in [-0.2, -0.15) is 5.10 Å². The highest BCUT2D eigenvalue weighted by Gasteiger charge is 2.16. The van der Waals surface area contributed by atoms with Crippen LogP contribution in [0.4, 0.5) is 0 Å². The van der Waals surface area contributed by atoms with Crippen LogP contribution in [0.25, 0.3) is 10.8 Å². The summed E-state index contributed by atoms with van der Waals surface area (Å²) in [5.41, 5.74) is -0.416. The summed E-state index contributed by atoms with van der Waals surface area (Å²) in [7, 11) is 0. The fourth-order valence-corrected chi connectivity index (χ4v) is 3.40. The van der Waals surface area contributed by atoms with E-state index in [9.17, 15) is 14.4 Å². The molecule has 0 atom stereocenters. The number of aromatic nitrogens is 2. The second kappa shape index (κ2) is 9.70. The lowest BCUT2D eigenvalue weighted by Gasteiger charge is -2.07. The third-order valence-electron chi connectivity index (χ3n) is 3.88. The van der Waals surface area contributed by atoms with Crippen LogP contribution in [-0.2, 0) is 9.53 Å². The number of rotatable bonds is 8. The van der Waals surface area contributed by atoms with Crippen LogP contribution in [0.3, 0.4) is 0 Å². The monoisotopic (exact) mass is 397 g/mol. The molecule has 0 bridgehead atoms. The summed E-state index contributed by atoms with van der Waals surface area (Å²) in [5, 5.41) is 9.45. The first-order valence-electron chi connectivity index (χ1n) is 8.74. The molecule has 8 heteroatoms. The van der Waals surface area contributed by atoms with Crippen LogP contribution >= 0.6 is 11.8 Å². The van der Waals surface area contributed by atoms with Crippen molar-refractivity contribution in [1.29, 1.82) is 0 Å². The molecule has 0 radical (unpaired) electrons. The molecule has 0 aliphatic carbocycles. The number of thioether (sulfide) groups is 1. The Morgan fingerprint density at radius 2 is 1.75 bits per heavy atom. The maximum absolute atomic E-state index is 12.2. The molecule has 28 heavy (non-hydrogen) atoms. The molecule has 3 rings (SSSR count). The van der Waals surface area contributed by atoms with Gasteiger partial charge >= 0.3 is 5.97 Å². The van der Waals surface area contributed by atoms with Gasteiger partial charge in [-0.3, -0.25) is 9.59 Å². The molecule has 0 spiro atoms. The Bertz CT molecular complexity index is 1020. The number of amides is 1. The van der Waals surface area contributed by atoms with Crippen molar-refractivity contribution in [3.8, 4) is 0 Å². The molecule has 0 aliphatic rings. The topological polar surface area (TPSA) is 101 Å². The number of aromatic amines is 1. The third-order valence-corrected chi connectivity index (χ3v) is 4.98. The lowest BCUT2D eigenvalue weighted by molar-refractivity contribution is -0.124. The van der Waals surface area contributed by atoms with E-state index < -0.39 is 18.1 Å². The number of H-pyrrole nitrogens is 1. The highest BCUT2D eigenvalue weighted by atomic mass is 32.2. The summed E-state index contributed by atoms with van der Waals surface area (Å²) in [5.74, 6) is -0.272. The van der Waals surface area contributed by atoms with Crippen molar-refractivity contribution in [2.45, 2.75) is 11.3 Å². The van der Waals surface area contributed by atoms with Crippen LogP contribution in [0, 0.1) is 0 Å². The van der Waals surface area contributed by atoms with Crippen LogP contribution in [0.15, 0.2) is 64.3 Å². The molecule has 1 amide bonds. The van der Waals surface area contributed by atoms with Crippen LogP contribution < -0.4 is 10.9 Å². The van der Waals surface area contributed by atoms with Crippen molar-refractivity contribution < 1.29 is 14.3 Å². The van der Waals surface area contributed by atoms with Crippen molar-refractivity contribution in [2.75, 3.05) is 18.9 Å². The van der Waals surface area contributed by atoms with E-state index in [1.54, 1.807) is 36.0 Å². The van der Waals surface area contributed by atoms with E-state index >= 15 is 0 Å². The Morgan fingerprint density at radius 1 is 1.04 bits per heavy atom. The molecule has 0 saturated carbocycles. The summed E-state index contributed by atoms with van der Waals surface area (Å²) in [6, 6.07) is 16.6. The number of carbonyl (C=O) groups is 2. The van der Waals surface area contributed by atoms with Gasteiger partial charge in [-0.05, 0) is 30.4 Å². The summed E-state index contributed by atoms with van der Waals surface area (Å²) < 4.78 is 5.02. The van der Waals surface area contributed by atoms with E-state index in [-0.39, 0.29) is 11.6 Å². The zero-order valence-corrected chi connectivity index (χ0v) is 15.8. The Kier molecular flexibility index (Phi) is 6.80. The Balaban J connectivity index is 1.43. The predicted molar refractivity (Wildman–Crippen MR) is 107 cm³/mol. The molecule has 7 nitrogen and oxygen atoms in total. The van der Waals surface area contributed by atoms with Gasteiger partial charge in [0.2, 0.25) is 0 Å². The average Bonchev–Trinajstić information content (AvgIpc) is 2.73. The zero-order valence-electron chi connectivity index (χ0n) is 15.0. The fourth-order valence-electron chi connectivity index (χ4n) is 2.53. The molecule has 0 unspecified atom stereocenters. The minimum atomic E-state index is -0.762. The van der Waals surface area contributed by atoms with Crippen molar-refractivity contribution in [1.82, 2.24) is 15.5 Å². The lowest BCUT2D eigenvalue weighted by Crippen LogP contribution is -2.30. The van der Waals surface area contributed by atoms with Gasteiger partial charge in [0.15, 0.2) is 12.3 Å². The molecule has 0 fully saturated rings. The molecule has 2 aromatic carbocycles. The number of nitrogens with zero attached hydrogens (tertiary/aromatic N) is 1. The number of carbonyl (C=O) groups excluding carboxylic acids is 2. The van der Waals surface area contributed by atoms with Gasteiger partial charge < -0.3 is 10.1 Å². The van der Waals surface area contributed by atoms with Crippen LogP contribution in [0.5, 0.6) is 0 Å². The van der Waals surface area contributed by atoms with Gasteiger partial charge in [0, 0.05) is 16.8 Å². The van der Waals surface area contributed by atoms with Crippen LogP contribution in [-0.4, -0.2) is 41.0 Å². The van der Waals surface area contributed by atoms with Gasteiger partial charge in [0.05, 0.1) is 5.39 Å². The molecule has 0 saturated heterocycles. The number of nitrogens with one attached hydrogen (secondary N) is 2. The first-order valence-corrected chi connectivity index (χ1v) is 9.73. The smallest absolute Gasteiger partial charge is 0.359 e. The van der Waals surface area contributed by atoms with Crippen LogP contribution in [0.1, 0.15) is 16.9 Å². The van der Waals surface area contributed by atoms with Gasteiger partial charge in [-0.1, -0.05) is 36.4 Å². The van der Waals surface area contributed by atoms with Crippen molar-refractivity contribution in [3.63, 3.8) is 0 Å². The Labute approximate surface area is 165 Å². The summed E-state index contributed by atoms with van der Waals surface area (Å²) >= 11 is 1.72. The third kappa shape index (κ3) is 5.20. The van der Waals surface area contributed by atoms with Gasteiger partial charge in [-0.25, -0.2) is 9.89 Å². The number of hydrogen-bond donors (Lipinski definition) is 2. The quantitative estimate of drug-likeness (QED) is 0.344. The standard InChI is InChI=1S/C20H19N3O4S/c24-17(21-11-6-12-28-14-7-2-1-3-8-14)13-27-20(26)18-15-9-4-5-10-16(15)19(25)23-22-18/h1-5,7-10H,6,11-13H2,(H,21,24)(H,23,25).